The van der Waals surface area contributed by atoms with Crippen LogP contribution in [0.1, 0.15) is 65.4 Å². The van der Waals surface area contributed by atoms with Gasteiger partial charge in [-0.2, -0.15) is 0 Å². The highest BCUT2D eigenvalue weighted by Crippen LogP contribution is 2.55. The predicted molar refractivity (Wildman–Crippen MR) is 132 cm³/mol. The van der Waals surface area contributed by atoms with E-state index in [9.17, 15) is 9.59 Å². The summed E-state index contributed by atoms with van der Waals surface area (Å²) in [5.41, 5.74) is 2.86. The number of rotatable bonds is 5. The van der Waals surface area contributed by atoms with Crippen LogP contribution < -0.4 is 5.32 Å². The highest BCUT2D eigenvalue weighted by atomic mass is 35.5. The Kier molecular flexibility index (Phi) is 5.45. The predicted octanol–water partition coefficient (Wildman–Crippen LogP) is 5.81. The lowest BCUT2D eigenvalue weighted by molar-refractivity contribution is -0.128. The van der Waals surface area contributed by atoms with E-state index >= 15 is 0 Å². The van der Waals surface area contributed by atoms with Gasteiger partial charge in [0.15, 0.2) is 0 Å². The first-order chi connectivity index (χ1) is 16.0. The second kappa shape index (κ2) is 8.35. The van der Waals surface area contributed by atoms with Crippen molar-refractivity contribution in [2.75, 3.05) is 5.75 Å². The van der Waals surface area contributed by atoms with Gasteiger partial charge in [-0.05, 0) is 91.7 Å². The smallest absolute Gasteiger partial charge is 0.251 e. The van der Waals surface area contributed by atoms with Crippen LogP contribution in [-0.2, 0) is 11.3 Å². The molecule has 1 aliphatic heterocycles. The molecule has 2 aromatic rings. The van der Waals surface area contributed by atoms with E-state index in [-0.39, 0.29) is 22.7 Å². The average Bonchev–Trinajstić information content (AvgIpc) is 3.14. The molecule has 0 spiro atoms. The van der Waals surface area contributed by atoms with E-state index in [2.05, 4.69) is 5.32 Å². The van der Waals surface area contributed by atoms with E-state index in [4.69, 9.17) is 11.6 Å². The third-order valence-electron chi connectivity index (χ3n) is 8.11. The number of hydrogen-bond donors (Lipinski definition) is 1. The Morgan fingerprint density at radius 1 is 0.970 bits per heavy atom. The highest BCUT2D eigenvalue weighted by molar-refractivity contribution is 8.00. The lowest BCUT2D eigenvalue weighted by atomic mass is 9.53. The number of amides is 2. The summed E-state index contributed by atoms with van der Waals surface area (Å²) in [4.78, 5) is 27.6. The first kappa shape index (κ1) is 21.5. The van der Waals surface area contributed by atoms with Crippen molar-refractivity contribution in [2.45, 2.75) is 56.0 Å². The second-order valence-corrected chi connectivity index (χ2v) is 12.1. The number of nitrogens with one attached hydrogen (secondary N) is 1. The van der Waals surface area contributed by atoms with Crippen molar-refractivity contribution in [2.24, 2.45) is 17.8 Å². The van der Waals surface area contributed by atoms with Crippen molar-refractivity contribution >= 4 is 35.2 Å². The largest absolute Gasteiger partial charge is 0.347 e. The first-order valence-corrected chi connectivity index (χ1v) is 13.5. The fraction of sp³-hybridized carbons (Fsp3) is 0.481. The fourth-order valence-electron chi connectivity index (χ4n) is 7.06. The molecule has 4 saturated carbocycles. The molecular weight excluding hydrogens is 452 g/mol. The van der Waals surface area contributed by atoms with Gasteiger partial charge in [0.2, 0.25) is 5.91 Å². The third-order valence-corrected chi connectivity index (χ3v) is 9.62. The zero-order valence-electron chi connectivity index (χ0n) is 18.6. The molecule has 33 heavy (non-hydrogen) atoms. The summed E-state index contributed by atoms with van der Waals surface area (Å²) in [7, 11) is 0. The van der Waals surface area contributed by atoms with Crippen LogP contribution in [0, 0.1) is 17.8 Å². The number of hydrogen-bond acceptors (Lipinski definition) is 3. The minimum atomic E-state index is -0.0338. The van der Waals surface area contributed by atoms with E-state index in [0.29, 0.717) is 22.9 Å². The molecule has 1 atom stereocenters. The summed E-state index contributed by atoms with van der Waals surface area (Å²) < 4.78 is 0. The van der Waals surface area contributed by atoms with Gasteiger partial charge in [-0.25, -0.2) is 0 Å². The Morgan fingerprint density at radius 2 is 1.58 bits per heavy atom. The summed E-state index contributed by atoms with van der Waals surface area (Å²) in [5, 5.41) is 4.12. The van der Waals surface area contributed by atoms with Crippen molar-refractivity contribution in [1.29, 1.82) is 0 Å². The van der Waals surface area contributed by atoms with Crippen molar-refractivity contribution in [3.05, 3.63) is 70.2 Å². The topological polar surface area (TPSA) is 49.4 Å². The van der Waals surface area contributed by atoms with Crippen molar-refractivity contribution in [1.82, 2.24) is 10.2 Å². The summed E-state index contributed by atoms with van der Waals surface area (Å²) >= 11 is 7.65. The molecule has 4 bridgehead atoms. The molecule has 2 amide bonds. The van der Waals surface area contributed by atoms with Crippen LogP contribution in [0.5, 0.6) is 0 Å². The number of benzene rings is 2. The van der Waals surface area contributed by atoms with Crippen LogP contribution >= 0.6 is 23.4 Å². The monoisotopic (exact) mass is 480 g/mol. The minimum absolute atomic E-state index is 0.0214. The fourth-order valence-corrected chi connectivity index (χ4v) is 8.38. The molecule has 2 aromatic carbocycles. The molecule has 1 heterocycles. The van der Waals surface area contributed by atoms with Crippen LogP contribution in [0.2, 0.25) is 5.02 Å². The number of halogens is 1. The van der Waals surface area contributed by atoms with Crippen LogP contribution in [0.3, 0.4) is 0 Å². The van der Waals surface area contributed by atoms with Gasteiger partial charge in [-0.1, -0.05) is 35.9 Å². The van der Waals surface area contributed by atoms with Gasteiger partial charge in [0.05, 0.1) is 5.75 Å². The SMILES string of the molecule is O=C(NC12CC3CC(CC(C3)C1)C2)c1ccc([C@@H]2SCC(=O)N2Cc2ccc(Cl)cc2)cc1. The third kappa shape index (κ3) is 4.19. The van der Waals surface area contributed by atoms with Gasteiger partial charge in [-0.15, -0.1) is 11.8 Å². The molecule has 0 radical (unpaired) electrons. The molecule has 6 heteroatoms. The van der Waals surface area contributed by atoms with E-state index in [0.717, 1.165) is 48.1 Å². The quantitative estimate of drug-likeness (QED) is 0.587. The molecule has 1 N–H and O–H groups in total. The van der Waals surface area contributed by atoms with E-state index in [1.165, 1.54) is 19.3 Å². The van der Waals surface area contributed by atoms with Gasteiger partial charge in [0, 0.05) is 22.7 Å². The summed E-state index contributed by atoms with van der Waals surface area (Å²) in [6.45, 7) is 0.557. The molecule has 4 aliphatic carbocycles. The zero-order valence-corrected chi connectivity index (χ0v) is 20.2. The first-order valence-electron chi connectivity index (χ1n) is 12.0. The molecule has 0 unspecified atom stereocenters. The Bertz CT molecular complexity index is 1030. The Morgan fingerprint density at radius 3 is 2.18 bits per heavy atom. The Hall–Kier alpha value is -1.98. The minimum Gasteiger partial charge on any atom is -0.347 e. The number of carbonyl (C=O) groups excluding carboxylic acids is 2. The Balaban J connectivity index is 1.15. The van der Waals surface area contributed by atoms with Crippen molar-refractivity contribution < 1.29 is 9.59 Å². The lowest BCUT2D eigenvalue weighted by Crippen LogP contribution is -2.59. The molecule has 1 saturated heterocycles. The van der Waals surface area contributed by atoms with Gasteiger partial charge in [-0.3, -0.25) is 9.59 Å². The molecule has 5 fully saturated rings. The summed E-state index contributed by atoms with van der Waals surface area (Å²) in [6, 6.07) is 15.5. The van der Waals surface area contributed by atoms with Crippen LogP contribution in [0.25, 0.3) is 0 Å². The number of thioether (sulfide) groups is 1. The van der Waals surface area contributed by atoms with Crippen LogP contribution in [-0.4, -0.2) is 28.0 Å². The van der Waals surface area contributed by atoms with E-state index < -0.39 is 0 Å². The number of carbonyl (C=O) groups is 2. The zero-order chi connectivity index (χ0) is 22.6. The van der Waals surface area contributed by atoms with E-state index in [1.54, 1.807) is 11.8 Å². The molecule has 5 aliphatic rings. The average molecular weight is 481 g/mol. The highest BCUT2D eigenvalue weighted by Gasteiger charge is 2.51. The van der Waals surface area contributed by atoms with Crippen LogP contribution in [0.4, 0.5) is 0 Å². The van der Waals surface area contributed by atoms with E-state index in [1.807, 2.05) is 53.4 Å². The lowest BCUT2D eigenvalue weighted by Gasteiger charge is -2.56. The number of nitrogens with zero attached hydrogens (tertiary/aromatic N) is 1. The Labute approximate surface area is 204 Å². The maximum absolute atomic E-state index is 13.2. The summed E-state index contributed by atoms with van der Waals surface area (Å²) in [6.07, 6.45) is 7.58. The normalized spacial score (nSPS) is 32.4. The summed E-state index contributed by atoms with van der Waals surface area (Å²) in [5.74, 6) is 3.10. The van der Waals surface area contributed by atoms with Gasteiger partial charge in [0.25, 0.3) is 5.91 Å². The molecular formula is C27H29ClN2O2S. The maximum Gasteiger partial charge on any atom is 0.251 e. The van der Waals surface area contributed by atoms with Crippen molar-refractivity contribution in [3.63, 3.8) is 0 Å². The van der Waals surface area contributed by atoms with Gasteiger partial charge in [0.1, 0.15) is 5.37 Å². The molecule has 7 rings (SSSR count). The molecule has 172 valence electrons. The molecule has 0 aromatic heterocycles. The maximum atomic E-state index is 13.2. The second-order valence-electron chi connectivity index (χ2n) is 10.6. The standard InChI is InChI=1S/C27H29ClN2O2S/c28-23-7-1-17(2-8-23)15-30-24(31)16-33-26(30)22-5-3-21(4-6-22)25(32)29-27-12-18-9-19(13-27)11-20(10-18)14-27/h1-8,18-20,26H,9-16H2,(H,29,32)/t18?,19?,20?,26-,27?/m0/s1. The van der Waals surface area contributed by atoms with Gasteiger partial charge < -0.3 is 10.2 Å². The van der Waals surface area contributed by atoms with Crippen LogP contribution in [0.15, 0.2) is 48.5 Å². The molecule has 4 nitrogen and oxygen atoms in total. The van der Waals surface area contributed by atoms with Crippen molar-refractivity contribution in [3.8, 4) is 0 Å². The van der Waals surface area contributed by atoms with Gasteiger partial charge >= 0.3 is 0 Å².